The first-order chi connectivity index (χ1) is 13.3. The highest BCUT2D eigenvalue weighted by molar-refractivity contribution is 6.30. The van der Waals surface area contributed by atoms with E-state index in [0.29, 0.717) is 12.1 Å². The molecule has 5 rings (SSSR count). The lowest BCUT2D eigenvalue weighted by atomic mass is 9.87. The predicted octanol–water partition coefficient (Wildman–Crippen LogP) is 4.57. The number of hydrogen-bond acceptors (Lipinski definition) is 6. The fourth-order valence-corrected chi connectivity index (χ4v) is 4.59. The van der Waals surface area contributed by atoms with Crippen molar-refractivity contribution in [2.75, 3.05) is 11.9 Å². The van der Waals surface area contributed by atoms with Crippen LogP contribution in [-0.4, -0.2) is 33.9 Å². The van der Waals surface area contributed by atoms with Gasteiger partial charge in [-0.3, -0.25) is 4.90 Å². The largest absolute Gasteiger partial charge is 0.470 e. The minimum atomic E-state index is -0.166. The topological polar surface area (TPSA) is 63.4 Å². The Hall–Kier alpha value is -1.79. The van der Waals surface area contributed by atoms with Crippen LogP contribution in [-0.2, 0) is 6.42 Å². The number of aromatic nitrogens is 2. The summed E-state index contributed by atoms with van der Waals surface area (Å²) in [6, 6.07) is 7.16. The number of hydrogen-bond donors (Lipinski definition) is 1. The maximum absolute atomic E-state index is 6.06. The molecule has 2 aromatic rings. The average molecular weight is 389 g/mol. The summed E-state index contributed by atoms with van der Waals surface area (Å²) in [5, 5.41) is 12.6. The lowest BCUT2D eigenvalue weighted by Gasteiger charge is -2.43. The van der Waals surface area contributed by atoms with Crippen LogP contribution in [0.4, 0.5) is 6.01 Å². The zero-order chi connectivity index (χ0) is 18.2. The SMILES string of the molecule is Clc1ccc2c(c1)CCC(Nc1nnc(C3CCCCN3C3CCC3)o1)O2. The zero-order valence-corrected chi connectivity index (χ0v) is 16.1. The summed E-state index contributed by atoms with van der Waals surface area (Å²) in [7, 11) is 0. The monoisotopic (exact) mass is 388 g/mol. The van der Waals surface area contributed by atoms with Crippen LogP contribution < -0.4 is 10.1 Å². The summed E-state index contributed by atoms with van der Waals surface area (Å²) in [5.41, 5.74) is 1.14. The van der Waals surface area contributed by atoms with E-state index in [4.69, 9.17) is 20.8 Å². The van der Waals surface area contributed by atoms with Gasteiger partial charge in [-0.15, -0.1) is 5.10 Å². The van der Waals surface area contributed by atoms with Crippen molar-refractivity contribution in [1.29, 1.82) is 0 Å². The van der Waals surface area contributed by atoms with E-state index in [1.54, 1.807) is 0 Å². The van der Waals surface area contributed by atoms with Crippen LogP contribution in [0.1, 0.15) is 62.4 Å². The molecule has 2 atom stereocenters. The fourth-order valence-electron chi connectivity index (χ4n) is 4.40. The maximum atomic E-state index is 6.06. The van der Waals surface area contributed by atoms with Gasteiger partial charge in [0.15, 0.2) is 6.23 Å². The molecule has 3 heterocycles. The van der Waals surface area contributed by atoms with Crippen LogP contribution in [0, 0.1) is 0 Å². The van der Waals surface area contributed by atoms with Crippen molar-refractivity contribution in [2.45, 2.75) is 69.7 Å². The molecule has 2 fully saturated rings. The molecule has 1 N–H and O–H groups in total. The number of halogens is 1. The van der Waals surface area contributed by atoms with Crippen LogP contribution in [0.3, 0.4) is 0 Å². The van der Waals surface area contributed by atoms with E-state index in [1.807, 2.05) is 18.2 Å². The predicted molar refractivity (Wildman–Crippen MR) is 103 cm³/mol. The Labute approximate surface area is 164 Å². The summed E-state index contributed by atoms with van der Waals surface area (Å²) in [6.45, 7) is 1.14. The Morgan fingerprint density at radius 1 is 1.07 bits per heavy atom. The number of benzene rings is 1. The highest BCUT2D eigenvalue weighted by Crippen LogP contribution is 2.38. The third-order valence-electron chi connectivity index (χ3n) is 6.07. The first-order valence-electron chi connectivity index (χ1n) is 10.1. The summed E-state index contributed by atoms with van der Waals surface area (Å²) >= 11 is 6.06. The number of ether oxygens (including phenoxy) is 1. The van der Waals surface area contributed by atoms with Crippen molar-refractivity contribution >= 4 is 17.6 Å². The number of nitrogens with one attached hydrogen (secondary N) is 1. The van der Waals surface area contributed by atoms with Gasteiger partial charge in [-0.25, -0.2) is 0 Å². The second-order valence-electron chi connectivity index (χ2n) is 7.82. The van der Waals surface area contributed by atoms with Gasteiger partial charge in [0, 0.05) is 17.5 Å². The highest BCUT2D eigenvalue weighted by atomic mass is 35.5. The van der Waals surface area contributed by atoms with Crippen LogP contribution in [0.15, 0.2) is 22.6 Å². The molecule has 144 valence electrons. The van der Waals surface area contributed by atoms with Gasteiger partial charge in [0.1, 0.15) is 5.75 Å². The second kappa shape index (κ2) is 7.32. The number of likely N-dealkylation sites (tertiary alicyclic amines) is 1. The maximum Gasteiger partial charge on any atom is 0.318 e. The molecule has 1 saturated heterocycles. The first-order valence-corrected chi connectivity index (χ1v) is 10.4. The van der Waals surface area contributed by atoms with E-state index in [-0.39, 0.29) is 12.3 Å². The number of piperidine rings is 1. The number of anilines is 1. The number of rotatable bonds is 4. The van der Waals surface area contributed by atoms with Gasteiger partial charge in [0.05, 0.1) is 6.04 Å². The van der Waals surface area contributed by atoms with E-state index in [9.17, 15) is 0 Å². The molecule has 0 spiro atoms. The standard InChI is InChI=1S/C20H25ClN4O2/c21-14-8-9-17-13(12-14)7-10-18(26-17)22-20-24-23-19(27-20)16-6-1-2-11-25(16)15-4-3-5-15/h8-9,12,15-16,18H,1-7,10-11H2,(H,22,24). The van der Waals surface area contributed by atoms with Crippen LogP contribution in [0.2, 0.25) is 5.02 Å². The van der Waals surface area contributed by atoms with Crippen LogP contribution >= 0.6 is 11.6 Å². The van der Waals surface area contributed by atoms with Gasteiger partial charge >= 0.3 is 6.01 Å². The van der Waals surface area contributed by atoms with Crippen LogP contribution in [0.25, 0.3) is 0 Å². The van der Waals surface area contributed by atoms with E-state index >= 15 is 0 Å². The molecule has 0 radical (unpaired) electrons. The Balaban J connectivity index is 1.26. The minimum Gasteiger partial charge on any atom is -0.470 e. The van der Waals surface area contributed by atoms with Gasteiger partial charge in [-0.2, -0.15) is 0 Å². The van der Waals surface area contributed by atoms with Gasteiger partial charge in [-0.05, 0) is 62.4 Å². The normalized spacial score (nSPS) is 26.1. The zero-order valence-electron chi connectivity index (χ0n) is 15.4. The van der Waals surface area contributed by atoms with Crippen molar-refractivity contribution in [2.24, 2.45) is 0 Å². The molecule has 2 aliphatic heterocycles. The van der Waals surface area contributed by atoms with Crippen molar-refractivity contribution in [1.82, 2.24) is 15.1 Å². The molecule has 0 amide bonds. The van der Waals surface area contributed by atoms with Gasteiger partial charge in [0.25, 0.3) is 0 Å². The molecule has 2 unspecified atom stereocenters. The molecule has 1 aromatic heterocycles. The highest BCUT2D eigenvalue weighted by Gasteiger charge is 2.36. The van der Waals surface area contributed by atoms with E-state index in [1.165, 1.54) is 32.1 Å². The number of nitrogens with zero attached hydrogens (tertiary/aromatic N) is 3. The van der Waals surface area contributed by atoms with Crippen LogP contribution in [0.5, 0.6) is 5.75 Å². The number of aryl methyl sites for hydroxylation is 1. The molecular formula is C20H25ClN4O2. The molecule has 27 heavy (non-hydrogen) atoms. The van der Waals surface area contributed by atoms with Crippen molar-refractivity contribution < 1.29 is 9.15 Å². The molecule has 3 aliphatic rings. The molecule has 1 saturated carbocycles. The first kappa shape index (κ1) is 17.3. The van der Waals surface area contributed by atoms with Gasteiger partial charge in [0.2, 0.25) is 5.89 Å². The summed E-state index contributed by atoms with van der Waals surface area (Å²) < 4.78 is 12.0. The van der Waals surface area contributed by atoms with E-state index in [0.717, 1.165) is 48.0 Å². The Morgan fingerprint density at radius 2 is 2.00 bits per heavy atom. The minimum absolute atomic E-state index is 0.166. The van der Waals surface area contributed by atoms with Gasteiger partial charge < -0.3 is 14.5 Å². The molecule has 0 bridgehead atoms. The third kappa shape index (κ3) is 3.52. The molecule has 6 nitrogen and oxygen atoms in total. The molecule has 1 aromatic carbocycles. The molecular weight excluding hydrogens is 364 g/mol. The second-order valence-corrected chi connectivity index (χ2v) is 8.26. The Bertz CT molecular complexity index is 807. The number of fused-ring (bicyclic) bond motifs is 1. The van der Waals surface area contributed by atoms with Gasteiger partial charge in [-0.1, -0.05) is 29.5 Å². The molecule has 7 heteroatoms. The van der Waals surface area contributed by atoms with Crippen molar-refractivity contribution in [3.63, 3.8) is 0 Å². The smallest absolute Gasteiger partial charge is 0.318 e. The molecule has 1 aliphatic carbocycles. The lowest BCUT2D eigenvalue weighted by Crippen LogP contribution is -2.45. The van der Waals surface area contributed by atoms with E-state index < -0.39 is 0 Å². The fraction of sp³-hybridized carbons (Fsp3) is 0.600. The van der Waals surface area contributed by atoms with Crippen molar-refractivity contribution in [3.05, 3.63) is 34.7 Å². The summed E-state index contributed by atoms with van der Waals surface area (Å²) in [5.74, 6) is 1.61. The Morgan fingerprint density at radius 3 is 2.85 bits per heavy atom. The third-order valence-corrected chi connectivity index (χ3v) is 6.30. The Kier molecular flexibility index (Phi) is 4.70. The lowest BCUT2D eigenvalue weighted by molar-refractivity contribution is 0.0384. The summed E-state index contributed by atoms with van der Waals surface area (Å²) in [4.78, 5) is 2.58. The van der Waals surface area contributed by atoms with E-state index in [2.05, 4.69) is 20.4 Å². The summed E-state index contributed by atoms with van der Waals surface area (Å²) in [6.07, 6.45) is 9.12. The quantitative estimate of drug-likeness (QED) is 0.827. The van der Waals surface area contributed by atoms with Crippen molar-refractivity contribution in [3.8, 4) is 5.75 Å². The average Bonchev–Trinajstić information content (AvgIpc) is 3.09.